The van der Waals surface area contributed by atoms with Gasteiger partial charge in [-0.2, -0.15) is 0 Å². The maximum Gasteiger partial charge on any atom is 0.0536 e. The number of aliphatic hydroxyl groups excluding tert-OH is 1. The van der Waals surface area contributed by atoms with Gasteiger partial charge in [0.25, 0.3) is 0 Å². The van der Waals surface area contributed by atoms with Crippen molar-refractivity contribution in [2.24, 2.45) is 7.05 Å². The van der Waals surface area contributed by atoms with Crippen LogP contribution < -0.4 is 0 Å². The first-order valence-electron chi connectivity index (χ1n) is 5.22. The molecule has 2 rings (SSSR count). The zero-order valence-corrected chi connectivity index (χ0v) is 9.49. The molecule has 0 aliphatic heterocycles. The number of aryl methyl sites for hydroxylation is 1. The topological polar surface area (TPSA) is 25.2 Å². The van der Waals surface area contributed by atoms with E-state index in [4.69, 9.17) is 0 Å². The molecule has 15 heavy (non-hydrogen) atoms. The van der Waals surface area contributed by atoms with Gasteiger partial charge in [0.15, 0.2) is 0 Å². The second kappa shape index (κ2) is 3.38. The Bertz CT molecular complexity index is 482. The largest absolute Gasteiger partial charge is 0.395 e. The summed E-state index contributed by atoms with van der Waals surface area (Å²) < 4.78 is 2.16. The van der Waals surface area contributed by atoms with E-state index in [1.165, 1.54) is 16.6 Å². The minimum atomic E-state index is -0.187. The summed E-state index contributed by atoms with van der Waals surface area (Å²) in [6.45, 7) is 4.28. The van der Waals surface area contributed by atoms with Gasteiger partial charge in [0.1, 0.15) is 0 Å². The summed E-state index contributed by atoms with van der Waals surface area (Å²) in [6.07, 6.45) is 0. The van der Waals surface area contributed by atoms with Crippen molar-refractivity contribution >= 4 is 10.9 Å². The van der Waals surface area contributed by atoms with E-state index in [1.54, 1.807) is 0 Å². The van der Waals surface area contributed by atoms with Crippen LogP contribution in [-0.4, -0.2) is 16.3 Å². The molecule has 0 saturated heterocycles. The number of aromatic nitrogens is 1. The van der Waals surface area contributed by atoms with E-state index >= 15 is 0 Å². The van der Waals surface area contributed by atoms with Crippen LogP contribution in [0.4, 0.5) is 0 Å². The van der Waals surface area contributed by atoms with Gasteiger partial charge in [0, 0.05) is 23.7 Å². The maximum atomic E-state index is 9.38. The molecule has 0 aliphatic carbocycles. The van der Waals surface area contributed by atoms with Crippen LogP contribution in [0.15, 0.2) is 30.3 Å². The molecule has 0 bridgehead atoms. The Morgan fingerprint density at radius 3 is 2.53 bits per heavy atom. The fourth-order valence-corrected chi connectivity index (χ4v) is 2.02. The number of nitrogens with zero attached hydrogens (tertiary/aromatic N) is 1. The molecular formula is C13H17NO. The van der Waals surface area contributed by atoms with E-state index in [0.717, 1.165) is 0 Å². The summed E-state index contributed by atoms with van der Waals surface area (Å²) in [6, 6.07) is 10.4. The molecule has 0 fully saturated rings. The monoisotopic (exact) mass is 203 g/mol. The third kappa shape index (κ3) is 1.55. The predicted molar refractivity (Wildman–Crippen MR) is 63.0 cm³/mol. The van der Waals surface area contributed by atoms with Crippen LogP contribution in [0, 0.1) is 0 Å². The quantitative estimate of drug-likeness (QED) is 0.796. The molecule has 0 spiro atoms. The summed E-state index contributed by atoms with van der Waals surface area (Å²) in [5.74, 6) is 0. The first-order chi connectivity index (χ1) is 7.06. The van der Waals surface area contributed by atoms with Crippen LogP contribution in [0.1, 0.15) is 19.5 Å². The number of rotatable bonds is 2. The second-order valence-electron chi connectivity index (χ2n) is 4.69. The maximum absolute atomic E-state index is 9.38. The van der Waals surface area contributed by atoms with E-state index in [9.17, 15) is 5.11 Å². The first-order valence-corrected chi connectivity index (χ1v) is 5.22. The number of hydrogen-bond acceptors (Lipinski definition) is 1. The lowest BCUT2D eigenvalue weighted by Crippen LogP contribution is -2.24. The van der Waals surface area contributed by atoms with Gasteiger partial charge in [-0.3, -0.25) is 0 Å². The number of benzene rings is 1. The molecule has 2 heteroatoms. The summed E-state index contributed by atoms with van der Waals surface area (Å²) in [4.78, 5) is 0. The van der Waals surface area contributed by atoms with E-state index in [-0.39, 0.29) is 12.0 Å². The molecule has 0 unspecified atom stereocenters. The molecule has 1 aromatic carbocycles. The Hall–Kier alpha value is -1.28. The predicted octanol–water partition coefficient (Wildman–Crippen LogP) is 2.45. The Balaban J connectivity index is 2.68. The molecule has 0 saturated carbocycles. The fourth-order valence-electron chi connectivity index (χ4n) is 2.02. The zero-order chi connectivity index (χ0) is 11.1. The third-order valence-electron chi connectivity index (χ3n) is 3.04. The highest BCUT2D eigenvalue weighted by Crippen LogP contribution is 2.28. The average Bonchev–Trinajstić information content (AvgIpc) is 2.58. The van der Waals surface area contributed by atoms with E-state index in [1.807, 2.05) is 12.1 Å². The summed E-state index contributed by atoms with van der Waals surface area (Å²) in [7, 11) is 2.05. The highest BCUT2D eigenvalue weighted by Gasteiger charge is 2.23. The van der Waals surface area contributed by atoms with Crippen molar-refractivity contribution in [2.75, 3.05) is 6.61 Å². The fraction of sp³-hybridized carbons (Fsp3) is 0.385. The van der Waals surface area contributed by atoms with Gasteiger partial charge in [-0.25, -0.2) is 0 Å². The Kier molecular flexibility index (Phi) is 2.31. The molecule has 2 nitrogen and oxygen atoms in total. The molecular weight excluding hydrogens is 186 g/mol. The van der Waals surface area contributed by atoms with Crippen LogP contribution >= 0.6 is 0 Å². The van der Waals surface area contributed by atoms with Crippen molar-refractivity contribution in [3.8, 4) is 0 Å². The van der Waals surface area contributed by atoms with Crippen LogP contribution in [0.2, 0.25) is 0 Å². The zero-order valence-electron chi connectivity index (χ0n) is 9.49. The number of hydrogen-bond donors (Lipinski definition) is 1. The molecule has 1 heterocycles. The smallest absolute Gasteiger partial charge is 0.0536 e. The highest BCUT2D eigenvalue weighted by atomic mass is 16.3. The summed E-state index contributed by atoms with van der Waals surface area (Å²) in [5, 5.41) is 10.6. The molecule has 0 atom stereocenters. The van der Waals surface area contributed by atoms with Gasteiger partial charge >= 0.3 is 0 Å². The van der Waals surface area contributed by atoms with Crippen molar-refractivity contribution < 1.29 is 5.11 Å². The summed E-state index contributed by atoms with van der Waals surface area (Å²) in [5.41, 5.74) is 2.20. The molecule has 80 valence electrons. The normalized spacial score (nSPS) is 12.3. The lowest BCUT2D eigenvalue weighted by molar-refractivity contribution is 0.213. The Morgan fingerprint density at radius 1 is 1.27 bits per heavy atom. The number of para-hydroxylation sites is 1. The molecule has 1 aromatic heterocycles. The minimum absolute atomic E-state index is 0.164. The van der Waals surface area contributed by atoms with E-state index in [0.29, 0.717) is 0 Å². The standard InChI is InChI=1S/C13H17NO/c1-13(2,9-15)12-8-10-6-4-5-7-11(10)14(12)3/h4-8,15H,9H2,1-3H3. The van der Waals surface area contributed by atoms with Crippen molar-refractivity contribution in [3.05, 3.63) is 36.0 Å². The van der Waals surface area contributed by atoms with Crippen molar-refractivity contribution in [3.63, 3.8) is 0 Å². The number of fused-ring (bicyclic) bond motifs is 1. The molecule has 2 aromatic rings. The van der Waals surface area contributed by atoms with Crippen LogP contribution in [0.25, 0.3) is 10.9 Å². The molecule has 0 amide bonds. The molecule has 1 N–H and O–H groups in total. The van der Waals surface area contributed by atoms with Crippen LogP contribution in [-0.2, 0) is 12.5 Å². The van der Waals surface area contributed by atoms with Gasteiger partial charge in [-0.1, -0.05) is 32.0 Å². The van der Waals surface area contributed by atoms with Crippen molar-refractivity contribution in [1.29, 1.82) is 0 Å². The second-order valence-corrected chi connectivity index (χ2v) is 4.69. The average molecular weight is 203 g/mol. The highest BCUT2D eigenvalue weighted by molar-refractivity contribution is 5.81. The van der Waals surface area contributed by atoms with Gasteiger partial charge in [-0.15, -0.1) is 0 Å². The van der Waals surface area contributed by atoms with Gasteiger partial charge in [0.2, 0.25) is 0 Å². The number of aliphatic hydroxyl groups is 1. The van der Waals surface area contributed by atoms with E-state index in [2.05, 4.69) is 43.7 Å². The Morgan fingerprint density at radius 2 is 1.93 bits per heavy atom. The van der Waals surface area contributed by atoms with Crippen LogP contribution in [0.5, 0.6) is 0 Å². The third-order valence-corrected chi connectivity index (χ3v) is 3.04. The molecule has 0 aliphatic rings. The van der Waals surface area contributed by atoms with Gasteiger partial charge in [-0.05, 0) is 17.5 Å². The SMILES string of the molecule is Cn1c(C(C)(C)CO)cc2ccccc21. The summed E-state index contributed by atoms with van der Waals surface area (Å²) >= 11 is 0. The molecule has 0 radical (unpaired) electrons. The van der Waals surface area contributed by atoms with Gasteiger partial charge < -0.3 is 9.67 Å². The Labute approximate surface area is 90.2 Å². The van der Waals surface area contributed by atoms with E-state index < -0.39 is 0 Å². The minimum Gasteiger partial charge on any atom is -0.395 e. The van der Waals surface area contributed by atoms with Crippen molar-refractivity contribution in [1.82, 2.24) is 4.57 Å². The lowest BCUT2D eigenvalue weighted by atomic mass is 9.90. The van der Waals surface area contributed by atoms with Crippen molar-refractivity contribution in [2.45, 2.75) is 19.3 Å². The van der Waals surface area contributed by atoms with Crippen LogP contribution in [0.3, 0.4) is 0 Å². The lowest BCUT2D eigenvalue weighted by Gasteiger charge is -2.22. The van der Waals surface area contributed by atoms with Gasteiger partial charge in [0.05, 0.1) is 6.61 Å². The first kappa shape index (κ1) is 10.2.